The number of hydrogen-bond donors (Lipinski definition) is 2. The fourth-order valence-electron chi connectivity index (χ4n) is 2.28. The maximum Gasteiger partial charge on any atom is 0.123 e. The molecular weight excluding hydrogens is 326 g/mol. The molecule has 118 valence electrons. The van der Waals surface area contributed by atoms with Crippen molar-refractivity contribution in [3.63, 3.8) is 0 Å². The van der Waals surface area contributed by atoms with Gasteiger partial charge in [0.15, 0.2) is 0 Å². The zero-order valence-electron chi connectivity index (χ0n) is 14.1. The molecule has 0 heterocycles. The molecule has 0 saturated heterocycles. The Kier molecular flexibility index (Phi) is 5.68. The smallest absolute Gasteiger partial charge is 0.123 e. The van der Waals surface area contributed by atoms with Crippen molar-refractivity contribution in [2.24, 2.45) is 0 Å². The zero-order chi connectivity index (χ0) is 16.4. The molecule has 0 atom stereocenters. The average Bonchev–Trinajstić information content (AvgIpc) is 2.27. The van der Waals surface area contributed by atoms with Crippen LogP contribution in [-0.2, 0) is 17.4 Å². The number of aromatic hydroxyl groups is 1. The third kappa shape index (κ3) is 5.15. The summed E-state index contributed by atoms with van der Waals surface area (Å²) < 4.78 is 0.938. The Morgan fingerprint density at radius 1 is 1.10 bits per heavy atom. The lowest BCUT2D eigenvalue weighted by Gasteiger charge is -2.28. The SMILES string of the molecule is C=C(Br)CNCc1cc(C(C)(C)C)c(O)c(C(C)(C)C)c1. The summed E-state index contributed by atoms with van der Waals surface area (Å²) in [6.07, 6.45) is 0. The molecule has 1 aromatic carbocycles. The number of nitrogens with one attached hydrogen (secondary N) is 1. The van der Waals surface area contributed by atoms with Crippen LogP contribution in [-0.4, -0.2) is 11.7 Å². The topological polar surface area (TPSA) is 32.3 Å². The van der Waals surface area contributed by atoms with Crippen LogP contribution in [0.25, 0.3) is 0 Å². The van der Waals surface area contributed by atoms with Gasteiger partial charge in [-0.25, -0.2) is 0 Å². The van der Waals surface area contributed by atoms with Crippen molar-refractivity contribution in [1.29, 1.82) is 0 Å². The Bertz CT molecular complexity index is 486. The van der Waals surface area contributed by atoms with Crippen LogP contribution in [0.1, 0.15) is 58.2 Å². The maximum atomic E-state index is 10.7. The second-order valence-electron chi connectivity index (χ2n) is 7.66. The highest BCUT2D eigenvalue weighted by Gasteiger charge is 2.26. The largest absolute Gasteiger partial charge is 0.507 e. The molecule has 2 N–H and O–H groups in total. The van der Waals surface area contributed by atoms with Crippen molar-refractivity contribution in [1.82, 2.24) is 5.32 Å². The molecule has 0 aliphatic carbocycles. The first kappa shape index (κ1) is 18.2. The van der Waals surface area contributed by atoms with Crippen LogP contribution in [0, 0.1) is 0 Å². The Morgan fingerprint density at radius 2 is 1.52 bits per heavy atom. The average molecular weight is 354 g/mol. The summed E-state index contributed by atoms with van der Waals surface area (Å²) in [5, 5.41) is 14.0. The standard InChI is InChI=1S/C18H28BrNO/c1-12(19)10-20-11-13-8-14(17(2,3)4)16(21)15(9-13)18(5,6)7/h8-9,20-21H,1,10-11H2,2-7H3. The van der Waals surface area contributed by atoms with Gasteiger partial charge in [0.05, 0.1) is 0 Å². The van der Waals surface area contributed by atoms with E-state index in [2.05, 4.69) is 81.5 Å². The van der Waals surface area contributed by atoms with Crippen molar-refractivity contribution in [3.8, 4) is 5.75 Å². The number of halogens is 1. The Hall–Kier alpha value is -0.800. The predicted octanol–water partition coefficient (Wildman–Crippen LogP) is 4.99. The molecule has 0 aliphatic heterocycles. The van der Waals surface area contributed by atoms with Crippen molar-refractivity contribution < 1.29 is 5.11 Å². The molecule has 1 aromatic rings. The van der Waals surface area contributed by atoms with Gasteiger partial charge in [-0.15, -0.1) is 0 Å². The predicted molar refractivity (Wildman–Crippen MR) is 95.3 cm³/mol. The van der Waals surface area contributed by atoms with E-state index in [0.29, 0.717) is 5.75 Å². The highest BCUT2D eigenvalue weighted by atomic mass is 79.9. The summed E-state index contributed by atoms with van der Waals surface area (Å²) in [5.41, 5.74) is 3.03. The van der Waals surface area contributed by atoms with Gasteiger partial charge >= 0.3 is 0 Å². The first-order valence-corrected chi connectivity index (χ1v) is 8.13. The van der Waals surface area contributed by atoms with Crippen molar-refractivity contribution >= 4 is 15.9 Å². The third-order valence-corrected chi connectivity index (χ3v) is 3.71. The van der Waals surface area contributed by atoms with Gasteiger partial charge in [0.1, 0.15) is 5.75 Å². The highest BCUT2D eigenvalue weighted by molar-refractivity contribution is 9.11. The van der Waals surface area contributed by atoms with Crippen LogP contribution in [0.2, 0.25) is 0 Å². The highest BCUT2D eigenvalue weighted by Crippen LogP contribution is 2.39. The van der Waals surface area contributed by atoms with Crippen LogP contribution >= 0.6 is 15.9 Å². The van der Waals surface area contributed by atoms with Gasteiger partial charge in [-0.3, -0.25) is 0 Å². The summed E-state index contributed by atoms with van der Waals surface area (Å²) in [7, 11) is 0. The minimum atomic E-state index is -0.0842. The first-order valence-electron chi connectivity index (χ1n) is 7.34. The van der Waals surface area contributed by atoms with Gasteiger partial charge in [-0.05, 0) is 27.5 Å². The van der Waals surface area contributed by atoms with Gasteiger partial charge in [-0.1, -0.05) is 76.2 Å². The molecule has 0 radical (unpaired) electrons. The van der Waals surface area contributed by atoms with E-state index in [1.165, 1.54) is 5.56 Å². The van der Waals surface area contributed by atoms with Gasteiger partial charge in [0.25, 0.3) is 0 Å². The minimum absolute atomic E-state index is 0.0842. The summed E-state index contributed by atoms with van der Waals surface area (Å²) >= 11 is 3.36. The fraction of sp³-hybridized carbons (Fsp3) is 0.556. The van der Waals surface area contributed by atoms with Crippen LogP contribution in [0.4, 0.5) is 0 Å². The molecule has 2 nitrogen and oxygen atoms in total. The van der Waals surface area contributed by atoms with Crippen molar-refractivity contribution in [2.75, 3.05) is 6.54 Å². The first-order chi connectivity index (χ1) is 9.43. The van der Waals surface area contributed by atoms with Gasteiger partial charge in [0.2, 0.25) is 0 Å². The molecule has 0 unspecified atom stereocenters. The fourth-order valence-corrected chi connectivity index (χ4v) is 2.48. The lowest BCUT2D eigenvalue weighted by molar-refractivity contribution is 0.422. The van der Waals surface area contributed by atoms with E-state index in [9.17, 15) is 5.11 Å². The Morgan fingerprint density at radius 3 is 1.86 bits per heavy atom. The van der Waals surface area contributed by atoms with E-state index in [-0.39, 0.29) is 10.8 Å². The second kappa shape index (κ2) is 6.53. The molecule has 0 aromatic heterocycles. The lowest BCUT2D eigenvalue weighted by atomic mass is 9.78. The van der Waals surface area contributed by atoms with Crippen molar-refractivity contribution in [3.05, 3.63) is 39.9 Å². The van der Waals surface area contributed by atoms with E-state index in [0.717, 1.165) is 28.7 Å². The zero-order valence-corrected chi connectivity index (χ0v) is 15.7. The summed E-state index contributed by atoms with van der Waals surface area (Å²) in [6, 6.07) is 4.21. The Balaban J connectivity index is 3.24. The molecule has 0 spiro atoms. The summed E-state index contributed by atoms with van der Waals surface area (Å²) in [5.74, 6) is 0.434. The van der Waals surface area contributed by atoms with Crippen LogP contribution in [0.3, 0.4) is 0 Å². The molecule has 3 heteroatoms. The number of phenols is 1. The molecular formula is C18H28BrNO. The quantitative estimate of drug-likeness (QED) is 0.799. The summed E-state index contributed by atoms with van der Waals surface area (Å²) in [6.45, 7) is 18.1. The van der Waals surface area contributed by atoms with Crippen LogP contribution < -0.4 is 5.32 Å². The van der Waals surface area contributed by atoms with Gasteiger partial charge in [-0.2, -0.15) is 0 Å². The number of rotatable bonds is 4. The number of phenolic OH excluding ortho intramolecular Hbond substituents is 1. The molecule has 1 rings (SSSR count). The van der Waals surface area contributed by atoms with Gasteiger partial charge in [0, 0.05) is 17.6 Å². The lowest BCUT2D eigenvalue weighted by Crippen LogP contribution is -2.20. The van der Waals surface area contributed by atoms with E-state index < -0.39 is 0 Å². The summed E-state index contributed by atoms with van der Waals surface area (Å²) in [4.78, 5) is 0. The molecule has 21 heavy (non-hydrogen) atoms. The molecule has 0 amide bonds. The molecule has 0 aliphatic rings. The molecule has 0 saturated carbocycles. The normalized spacial score (nSPS) is 12.5. The van der Waals surface area contributed by atoms with E-state index in [4.69, 9.17) is 0 Å². The van der Waals surface area contributed by atoms with E-state index in [1.54, 1.807) is 0 Å². The molecule has 0 bridgehead atoms. The minimum Gasteiger partial charge on any atom is -0.507 e. The van der Waals surface area contributed by atoms with Crippen molar-refractivity contribution in [2.45, 2.75) is 58.9 Å². The Labute approximate surface area is 137 Å². The maximum absolute atomic E-state index is 10.7. The third-order valence-electron chi connectivity index (χ3n) is 3.43. The monoisotopic (exact) mass is 353 g/mol. The van der Waals surface area contributed by atoms with Crippen LogP contribution in [0.5, 0.6) is 5.75 Å². The van der Waals surface area contributed by atoms with Crippen LogP contribution in [0.15, 0.2) is 23.2 Å². The second-order valence-corrected chi connectivity index (χ2v) is 8.78. The van der Waals surface area contributed by atoms with Gasteiger partial charge < -0.3 is 10.4 Å². The number of benzene rings is 1. The number of hydrogen-bond acceptors (Lipinski definition) is 2. The van der Waals surface area contributed by atoms with E-state index in [1.807, 2.05) is 0 Å². The van der Waals surface area contributed by atoms with E-state index >= 15 is 0 Å². The molecule has 0 fully saturated rings.